The van der Waals surface area contributed by atoms with Crippen molar-refractivity contribution < 1.29 is 22.7 Å². The second kappa shape index (κ2) is 11.4. The molecule has 1 saturated heterocycles. The number of likely N-dealkylation sites (tertiary alicyclic amines) is 1. The number of ether oxygens (including phenoxy) is 1. The maximum atomic E-state index is 12.7. The van der Waals surface area contributed by atoms with E-state index in [1.807, 2.05) is 18.7 Å². The van der Waals surface area contributed by atoms with Crippen molar-refractivity contribution in [2.24, 2.45) is 16.8 Å². The van der Waals surface area contributed by atoms with Crippen molar-refractivity contribution in [3.05, 3.63) is 18.0 Å². The van der Waals surface area contributed by atoms with Gasteiger partial charge < -0.3 is 20.3 Å². The summed E-state index contributed by atoms with van der Waals surface area (Å²) < 4.78 is 42.9. The van der Waals surface area contributed by atoms with Crippen LogP contribution < -0.4 is 10.6 Å². The van der Waals surface area contributed by atoms with E-state index in [2.05, 4.69) is 25.6 Å². The number of alkyl halides is 3. The number of hydrogen-bond acceptors (Lipinski definition) is 6. The Morgan fingerprint density at radius 2 is 2.14 bits per heavy atom. The van der Waals surface area contributed by atoms with Gasteiger partial charge in [0.25, 0.3) is 0 Å². The van der Waals surface area contributed by atoms with E-state index in [0.29, 0.717) is 32.1 Å². The summed E-state index contributed by atoms with van der Waals surface area (Å²) in [6, 6.07) is 0.818. The molecule has 1 aromatic rings. The van der Waals surface area contributed by atoms with Crippen LogP contribution in [0.25, 0.3) is 0 Å². The van der Waals surface area contributed by atoms with Crippen LogP contribution in [0.1, 0.15) is 19.5 Å². The number of methoxy groups -OCH3 is 1. The lowest BCUT2D eigenvalue weighted by Gasteiger charge is -2.21. The molecule has 1 fully saturated rings. The molecule has 0 radical (unpaired) electrons. The summed E-state index contributed by atoms with van der Waals surface area (Å²) in [6.45, 7) is 6.30. The highest BCUT2D eigenvalue weighted by Crippen LogP contribution is 2.27. The van der Waals surface area contributed by atoms with Gasteiger partial charge in [0, 0.05) is 32.4 Å². The summed E-state index contributed by atoms with van der Waals surface area (Å²) >= 11 is 0. The van der Waals surface area contributed by atoms with Crippen molar-refractivity contribution in [1.82, 2.24) is 20.2 Å². The highest BCUT2D eigenvalue weighted by molar-refractivity contribution is 14.0. The summed E-state index contributed by atoms with van der Waals surface area (Å²) in [5.74, 6) is 0.218. The molecule has 2 unspecified atom stereocenters. The molecule has 1 aliphatic rings. The standard InChI is InChI=1S/C17H25F3N6O2.HI/c1-4-21-16(26-9-11(2)12(10-26)14(27)28-3)24-8-7-23-15-22-6-5-13(25-15)17(18,19)20;/h5-6,11-12H,4,7-10H2,1-3H3,(H,21,24)(H,22,23,25);1H. The van der Waals surface area contributed by atoms with E-state index in [9.17, 15) is 18.0 Å². The Balaban J connectivity index is 0.00000420. The Bertz CT molecular complexity index is 704. The van der Waals surface area contributed by atoms with Crippen LogP contribution in [0, 0.1) is 11.8 Å². The minimum absolute atomic E-state index is 0. The predicted octanol–water partition coefficient (Wildman–Crippen LogP) is 2.23. The maximum Gasteiger partial charge on any atom is 0.433 e. The van der Waals surface area contributed by atoms with Crippen LogP contribution in [0.4, 0.5) is 19.1 Å². The van der Waals surface area contributed by atoms with Crippen LogP contribution in [0.15, 0.2) is 17.3 Å². The average Bonchev–Trinajstić information content (AvgIpc) is 3.04. The molecular weight excluding hydrogens is 504 g/mol. The SMILES string of the molecule is CCNC(=NCCNc1nccc(C(F)(F)F)n1)N1CC(C)C(C(=O)OC)C1.I. The van der Waals surface area contributed by atoms with Crippen molar-refractivity contribution in [2.75, 3.05) is 45.2 Å². The summed E-state index contributed by atoms with van der Waals surface area (Å²) in [5, 5.41) is 5.91. The fourth-order valence-corrected chi connectivity index (χ4v) is 2.96. The number of carbonyl (C=O) groups excluding carboxylic acids is 1. The Morgan fingerprint density at radius 3 is 2.76 bits per heavy atom. The molecule has 0 amide bonds. The van der Waals surface area contributed by atoms with Crippen molar-refractivity contribution in [3.63, 3.8) is 0 Å². The smallest absolute Gasteiger partial charge is 0.433 e. The summed E-state index contributed by atoms with van der Waals surface area (Å²) in [7, 11) is 1.37. The second-order valence-electron chi connectivity index (χ2n) is 6.44. The first-order valence-electron chi connectivity index (χ1n) is 9.01. The van der Waals surface area contributed by atoms with Crippen LogP contribution in [0.5, 0.6) is 0 Å². The largest absolute Gasteiger partial charge is 0.469 e. The molecule has 164 valence electrons. The van der Waals surface area contributed by atoms with E-state index in [0.717, 1.165) is 12.3 Å². The van der Waals surface area contributed by atoms with E-state index < -0.39 is 11.9 Å². The molecule has 0 saturated carbocycles. The number of nitrogens with one attached hydrogen (secondary N) is 2. The van der Waals surface area contributed by atoms with Gasteiger partial charge in [0.15, 0.2) is 5.96 Å². The molecule has 2 atom stereocenters. The van der Waals surface area contributed by atoms with Crippen molar-refractivity contribution in [1.29, 1.82) is 0 Å². The van der Waals surface area contributed by atoms with E-state index in [1.165, 1.54) is 7.11 Å². The van der Waals surface area contributed by atoms with Crippen molar-refractivity contribution >= 4 is 41.9 Å². The van der Waals surface area contributed by atoms with E-state index >= 15 is 0 Å². The van der Waals surface area contributed by atoms with E-state index in [4.69, 9.17) is 4.74 Å². The van der Waals surface area contributed by atoms with Crippen LogP contribution in [-0.2, 0) is 15.7 Å². The molecule has 2 heterocycles. The first-order chi connectivity index (χ1) is 13.3. The molecule has 0 aliphatic carbocycles. The van der Waals surface area contributed by atoms with E-state index in [-0.39, 0.29) is 54.3 Å². The van der Waals surface area contributed by atoms with Gasteiger partial charge in [-0.25, -0.2) is 9.97 Å². The fraction of sp³-hybridized carbons (Fsp3) is 0.647. The molecule has 2 rings (SSSR count). The summed E-state index contributed by atoms with van der Waals surface area (Å²) in [4.78, 5) is 25.5. The van der Waals surface area contributed by atoms with Gasteiger partial charge >= 0.3 is 12.1 Å². The van der Waals surface area contributed by atoms with Gasteiger partial charge in [-0.15, -0.1) is 24.0 Å². The normalized spacial score (nSPS) is 19.5. The molecule has 1 aromatic heterocycles. The number of guanidine groups is 1. The predicted molar refractivity (Wildman–Crippen MR) is 113 cm³/mol. The Kier molecular flexibility index (Phi) is 9.86. The first-order valence-corrected chi connectivity index (χ1v) is 9.01. The first kappa shape index (κ1) is 25.2. The quantitative estimate of drug-likeness (QED) is 0.192. The zero-order chi connectivity index (χ0) is 20.7. The Hall–Kier alpha value is -1.86. The van der Waals surface area contributed by atoms with Crippen LogP contribution in [0.3, 0.4) is 0 Å². The minimum atomic E-state index is -4.52. The third-order valence-electron chi connectivity index (χ3n) is 4.35. The number of aliphatic imine (C=N–C) groups is 1. The number of aromatic nitrogens is 2. The highest BCUT2D eigenvalue weighted by Gasteiger charge is 2.37. The lowest BCUT2D eigenvalue weighted by atomic mass is 9.99. The molecular formula is C17H26F3IN6O2. The number of nitrogens with zero attached hydrogens (tertiary/aromatic N) is 4. The minimum Gasteiger partial charge on any atom is -0.469 e. The number of esters is 1. The lowest BCUT2D eigenvalue weighted by molar-refractivity contribution is -0.146. The highest BCUT2D eigenvalue weighted by atomic mass is 127. The molecule has 0 bridgehead atoms. The van der Waals surface area contributed by atoms with Gasteiger partial charge in [-0.05, 0) is 18.9 Å². The van der Waals surface area contributed by atoms with Gasteiger partial charge in [-0.1, -0.05) is 6.92 Å². The van der Waals surface area contributed by atoms with Gasteiger partial charge in [-0.2, -0.15) is 13.2 Å². The van der Waals surface area contributed by atoms with Crippen molar-refractivity contribution in [3.8, 4) is 0 Å². The van der Waals surface area contributed by atoms with Gasteiger partial charge in [0.1, 0.15) is 5.69 Å². The molecule has 1 aliphatic heterocycles. The molecule has 29 heavy (non-hydrogen) atoms. The van der Waals surface area contributed by atoms with Gasteiger partial charge in [0.2, 0.25) is 5.95 Å². The lowest BCUT2D eigenvalue weighted by Crippen LogP contribution is -2.41. The number of hydrogen-bond donors (Lipinski definition) is 2. The fourth-order valence-electron chi connectivity index (χ4n) is 2.96. The maximum absolute atomic E-state index is 12.7. The topological polar surface area (TPSA) is 91.7 Å². The Labute approximate surface area is 184 Å². The van der Waals surface area contributed by atoms with Crippen LogP contribution >= 0.6 is 24.0 Å². The average molecular weight is 530 g/mol. The zero-order valence-electron chi connectivity index (χ0n) is 16.5. The third-order valence-corrected chi connectivity index (χ3v) is 4.35. The molecule has 8 nitrogen and oxygen atoms in total. The molecule has 12 heteroatoms. The third kappa shape index (κ3) is 7.16. The molecule has 0 spiro atoms. The molecule has 2 N–H and O–H groups in total. The van der Waals surface area contributed by atoms with Crippen LogP contribution in [-0.4, -0.2) is 66.6 Å². The number of halogens is 4. The van der Waals surface area contributed by atoms with Gasteiger partial charge in [-0.3, -0.25) is 9.79 Å². The van der Waals surface area contributed by atoms with Crippen molar-refractivity contribution in [2.45, 2.75) is 20.0 Å². The number of anilines is 1. The van der Waals surface area contributed by atoms with E-state index in [1.54, 1.807) is 0 Å². The summed E-state index contributed by atoms with van der Waals surface area (Å²) in [5.41, 5.74) is -0.998. The second-order valence-corrected chi connectivity index (χ2v) is 6.44. The van der Waals surface area contributed by atoms with Gasteiger partial charge in [0.05, 0.1) is 19.6 Å². The molecule has 0 aromatic carbocycles. The number of carbonyl (C=O) groups is 1. The number of rotatable bonds is 6. The van der Waals surface area contributed by atoms with Crippen LogP contribution in [0.2, 0.25) is 0 Å². The monoisotopic (exact) mass is 530 g/mol. The summed E-state index contributed by atoms with van der Waals surface area (Å²) in [6.07, 6.45) is -3.46. The Morgan fingerprint density at radius 1 is 1.41 bits per heavy atom. The zero-order valence-corrected chi connectivity index (χ0v) is 18.8.